The summed E-state index contributed by atoms with van der Waals surface area (Å²) in [7, 11) is 1.10. The lowest BCUT2D eigenvalue weighted by Gasteiger charge is -2.25. The van der Waals surface area contributed by atoms with Crippen LogP contribution in [0, 0.1) is 5.92 Å². The molecule has 0 radical (unpaired) electrons. The van der Waals surface area contributed by atoms with Crippen molar-refractivity contribution in [3.8, 4) is 0 Å². The van der Waals surface area contributed by atoms with Crippen molar-refractivity contribution in [3.05, 3.63) is 41.1 Å². The van der Waals surface area contributed by atoms with E-state index in [4.69, 9.17) is 0 Å². The highest BCUT2D eigenvalue weighted by Gasteiger charge is 2.38. The van der Waals surface area contributed by atoms with Crippen molar-refractivity contribution in [1.82, 2.24) is 5.32 Å². The molecule has 9 heteroatoms. The maximum Gasteiger partial charge on any atom is 0.418 e. The van der Waals surface area contributed by atoms with E-state index >= 15 is 0 Å². The summed E-state index contributed by atoms with van der Waals surface area (Å²) >= 11 is 0. The van der Waals surface area contributed by atoms with Gasteiger partial charge in [-0.1, -0.05) is 12.1 Å². The zero-order valence-electron chi connectivity index (χ0n) is 13.4. The molecule has 1 aliphatic heterocycles. The molecule has 0 saturated heterocycles. The molecule has 25 heavy (non-hydrogen) atoms. The van der Waals surface area contributed by atoms with Crippen LogP contribution >= 0.6 is 0 Å². The van der Waals surface area contributed by atoms with Gasteiger partial charge in [0.1, 0.15) is 0 Å². The smallest absolute Gasteiger partial charge is 0.418 e. The number of methoxy groups -OCH3 is 1. The van der Waals surface area contributed by atoms with Crippen LogP contribution in [0.3, 0.4) is 0 Å². The molecule has 6 nitrogen and oxygen atoms in total. The highest BCUT2D eigenvalue weighted by Crippen LogP contribution is 2.35. The largest absolute Gasteiger partial charge is 0.466 e. The standard InChI is InChI=1S/C16H15F3N2O4/c1-8-13(15(24)25-2)9(7-12(22)20-8)14(23)21-11-6-4-3-5-10(11)16(17,18)19/h3-6,9H,7H2,1-2H3,(H,20,22)(H,21,23)/t9-/m0/s1. The fraction of sp³-hybridized carbons (Fsp3) is 0.312. The molecule has 0 spiro atoms. The van der Waals surface area contributed by atoms with E-state index < -0.39 is 41.1 Å². The lowest BCUT2D eigenvalue weighted by atomic mass is 9.89. The Balaban J connectivity index is 2.36. The summed E-state index contributed by atoms with van der Waals surface area (Å²) in [5.74, 6) is -3.50. The number of rotatable bonds is 3. The number of hydrogen-bond acceptors (Lipinski definition) is 4. The highest BCUT2D eigenvalue weighted by molar-refractivity contribution is 6.06. The second kappa shape index (κ2) is 6.96. The van der Waals surface area contributed by atoms with Gasteiger partial charge in [-0.2, -0.15) is 13.2 Å². The van der Waals surface area contributed by atoms with Crippen LogP contribution < -0.4 is 10.6 Å². The van der Waals surface area contributed by atoms with E-state index in [1.165, 1.54) is 19.1 Å². The minimum atomic E-state index is -4.66. The SMILES string of the molecule is COC(=O)C1=C(C)NC(=O)C[C@@H]1C(=O)Nc1ccccc1C(F)(F)F. The van der Waals surface area contributed by atoms with Crippen molar-refractivity contribution >= 4 is 23.5 Å². The van der Waals surface area contributed by atoms with Crippen molar-refractivity contribution in [2.24, 2.45) is 5.92 Å². The van der Waals surface area contributed by atoms with Crippen LogP contribution in [-0.2, 0) is 25.3 Å². The molecule has 1 heterocycles. The summed E-state index contributed by atoms with van der Waals surface area (Å²) < 4.78 is 43.7. The number of para-hydroxylation sites is 1. The van der Waals surface area contributed by atoms with Crippen LogP contribution in [0.5, 0.6) is 0 Å². The quantitative estimate of drug-likeness (QED) is 0.814. The fourth-order valence-electron chi connectivity index (χ4n) is 2.56. The van der Waals surface area contributed by atoms with E-state index in [1.54, 1.807) is 0 Å². The molecule has 1 aliphatic rings. The number of nitrogens with one attached hydrogen (secondary N) is 2. The first-order valence-corrected chi connectivity index (χ1v) is 7.21. The van der Waals surface area contributed by atoms with Gasteiger partial charge in [-0.25, -0.2) is 4.79 Å². The number of benzene rings is 1. The first kappa shape index (κ1) is 18.5. The zero-order valence-corrected chi connectivity index (χ0v) is 13.4. The second-order valence-corrected chi connectivity index (χ2v) is 5.37. The molecule has 0 fully saturated rings. The van der Waals surface area contributed by atoms with Crippen molar-refractivity contribution in [2.75, 3.05) is 12.4 Å². The van der Waals surface area contributed by atoms with Gasteiger partial charge >= 0.3 is 12.1 Å². The van der Waals surface area contributed by atoms with Gasteiger partial charge in [-0.15, -0.1) is 0 Å². The van der Waals surface area contributed by atoms with Crippen LogP contribution in [0.2, 0.25) is 0 Å². The van der Waals surface area contributed by atoms with Crippen LogP contribution in [0.15, 0.2) is 35.5 Å². The number of amides is 2. The lowest BCUT2D eigenvalue weighted by Crippen LogP contribution is -2.40. The van der Waals surface area contributed by atoms with E-state index in [-0.39, 0.29) is 17.7 Å². The van der Waals surface area contributed by atoms with Gasteiger partial charge in [0, 0.05) is 12.1 Å². The predicted octanol–water partition coefficient (Wildman–Crippen LogP) is 2.23. The molecule has 2 amide bonds. The Kier molecular flexibility index (Phi) is 5.15. The van der Waals surface area contributed by atoms with Gasteiger partial charge in [0.25, 0.3) is 0 Å². The average Bonchev–Trinajstić information content (AvgIpc) is 2.53. The lowest BCUT2D eigenvalue weighted by molar-refractivity contribution is -0.139. The van der Waals surface area contributed by atoms with E-state index in [0.29, 0.717) is 0 Å². The number of anilines is 1. The number of ether oxygens (including phenoxy) is 1. The molecule has 1 atom stereocenters. The summed E-state index contributed by atoms with van der Waals surface area (Å²) in [5, 5.41) is 4.56. The van der Waals surface area contributed by atoms with Crippen molar-refractivity contribution < 1.29 is 32.3 Å². The number of halogens is 3. The van der Waals surface area contributed by atoms with Crippen LogP contribution in [-0.4, -0.2) is 24.9 Å². The molecule has 0 saturated carbocycles. The number of allylic oxidation sites excluding steroid dienone is 1. The van der Waals surface area contributed by atoms with Gasteiger partial charge < -0.3 is 15.4 Å². The predicted molar refractivity (Wildman–Crippen MR) is 81.0 cm³/mol. The molecular formula is C16H15F3N2O4. The fourth-order valence-corrected chi connectivity index (χ4v) is 2.56. The third-order valence-electron chi connectivity index (χ3n) is 3.68. The van der Waals surface area contributed by atoms with Crippen molar-refractivity contribution in [1.29, 1.82) is 0 Å². The number of carbonyl (C=O) groups excluding carboxylic acids is 3. The minimum Gasteiger partial charge on any atom is -0.466 e. The molecule has 1 aromatic carbocycles. The number of hydrogen-bond donors (Lipinski definition) is 2. The molecule has 0 aliphatic carbocycles. The van der Waals surface area contributed by atoms with Crippen molar-refractivity contribution in [2.45, 2.75) is 19.5 Å². The normalized spacial score (nSPS) is 17.8. The van der Waals surface area contributed by atoms with Gasteiger partial charge in [0.05, 0.1) is 29.9 Å². The summed E-state index contributed by atoms with van der Waals surface area (Å²) in [6, 6.07) is 4.45. The second-order valence-electron chi connectivity index (χ2n) is 5.37. The third kappa shape index (κ3) is 3.98. The Bertz CT molecular complexity index is 756. The number of carbonyl (C=O) groups is 3. The molecule has 1 aromatic rings. The van der Waals surface area contributed by atoms with Crippen LogP contribution in [0.4, 0.5) is 18.9 Å². The van der Waals surface area contributed by atoms with Gasteiger partial charge in [-0.3, -0.25) is 9.59 Å². The Morgan fingerprint density at radius 3 is 2.52 bits per heavy atom. The Labute approximate surface area is 141 Å². The summed E-state index contributed by atoms with van der Waals surface area (Å²) in [6.45, 7) is 1.41. The van der Waals surface area contributed by atoms with Gasteiger partial charge in [0.2, 0.25) is 11.8 Å². The van der Waals surface area contributed by atoms with Crippen LogP contribution in [0.25, 0.3) is 0 Å². The maximum absolute atomic E-state index is 13.0. The van der Waals surface area contributed by atoms with Gasteiger partial charge in [0.15, 0.2) is 0 Å². The first-order chi connectivity index (χ1) is 11.6. The molecule has 2 N–H and O–H groups in total. The maximum atomic E-state index is 13.0. The molecule has 0 aromatic heterocycles. The van der Waals surface area contributed by atoms with E-state index in [2.05, 4.69) is 15.4 Å². The zero-order chi connectivity index (χ0) is 18.8. The molecular weight excluding hydrogens is 341 g/mol. The Morgan fingerprint density at radius 2 is 1.92 bits per heavy atom. The summed E-state index contributed by atoms with van der Waals surface area (Å²) in [6.07, 6.45) is -5.04. The first-order valence-electron chi connectivity index (χ1n) is 7.21. The monoisotopic (exact) mass is 356 g/mol. The van der Waals surface area contributed by atoms with E-state index in [9.17, 15) is 27.6 Å². The molecule has 134 valence electrons. The third-order valence-corrected chi connectivity index (χ3v) is 3.68. The van der Waals surface area contributed by atoms with Gasteiger partial charge in [-0.05, 0) is 19.1 Å². The Morgan fingerprint density at radius 1 is 1.28 bits per heavy atom. The summed E-state index contributed by atoms with van der Waals surface area (Å²) in [5.41, 5.74) is -1.44. The highest BCUT2D eigenvalue weighted by atomic mass is 19.4. The minimum absolute atomic E-state index is 0.0934. The van der Waals surface area contributed by atoms with Crippen molar-refractivity contribution in [3.63, 3.8) is 0 Å². The Hall–Kier alpha value is -2.84. The molecule has 0 bridgehead atoms. The van der Waals surface area contributed by atoms with E-state index in [1.807, 2.05) is 0 Å². The number of alkyl halides is 3. The number of esters is 1. The molecule has 0 unspecified atom stereocenters. The topological polar surface area (TPSA) is 84.5 Å². The average molecular weight is 356 g/mol. The molecule has 2 rings (SSSR count). The summed E-state index contributed by atoms with van der Waals surface area (Å²) in [4.78, 5) is 36.0. The van der Waals surface area contributed by atoms with E-state index in [0.717, 1.165) is 19.2 Å². The van der Waals surface area contributed by atoms with Crippen LogP contribution in [0.1, 0.15) is 18.9 Å².